The van der Waals surface area contributed by atoms with Crippen LogP contribution in [0.2, 0.25) is 0 Å². The molecule has 1 aliphatic carbocycles. The number of anilines is 1. The van der Waals surface area contributed by atoms with E-state index < -0.39 is 22.7 Å². The fourth-order valence-electron chi connectivity index (χ4n) is 5.43. The van der Waals surface area contributed by atoms with Crippen molar-refractivity contribution in [3.05, 3.63) is 47.3 Å². The fraction of sp³-hybridized carbons (Fsp3) is 0.417. The van der Waals surface area contributed by atoms with Crippen LogP contribution in [0.3, 0.4) is 0 Å². The molecule has 1 amide bonds. The highest BCUT2D eigenvalue weighted by molar-refractivity contribution is 6.06. The number of methoxy groups -OCH3 is 2. The van der Waals surface area contributed by atoms with Gasteiger partial charge in [0.15, 0.2) is 23.1 Å². The van der Waals surface area contributed by atoms with Gasteiger partial charge in [0, 0.05) is 23.8 Å². The van der Waals surface area contributed by atoms with Gasteiger partial charge in [0.1, 0.15) is 11.3 Å². The number of rotatable bonds is 3. The van der Waals surface area contributed by atoms with E-state index in [0.29, 0.717) is 18.5 Å². The summed E-state index contributed by atoms with van der Waals surface area (Å²) in [7, 11) is 2.60. The lowest BCUT2D eigenvalue weighted by atomic mass is 9.68. The first-order chi connectivity index (χ1) is 15.5. The Bertz CT molecular complexity index is 1170. The van der Waals surface area contributed by atoms with Crippen LogP contribution in [-0.2, 0) is 16.8 Å². The summed E-state index contributed by atoms with van der Waals surface area (Å²) in [4.78, 5) is 23.0. The van der Waals surface area contributed by atoms with E-state index in [4.69, 9.17) is 9.47 Å². The third-order valence-corrected chi connectivity index (χ3v) is 6.90. The predicted octanol–water partition coefficient (Wildman–Crippen LogP) is 5.00. The number of carbonyl (C=O) groups excluding carboxylic acids is 1. The summed E-state index contributed by atoms with van der Waals surface area (Å²) in [5, 5.41) is 0.904. The number of pyridine rings is 1. The molecule has 8 heteroatoms. The lowest BCUT2D eigenvalue weighted by Crippen LogP contribution is -2.51. The number of halogens is 2. The van der Waals surface area contributed by atoms with Crippen molar-refractivity contribution in [3.63, 3.8) is 0 Å². The van der Waals surface area contributed by atoms with Gasteiger partial charge in [0.2, 0.25) is 5.91 Å². The van der Waals surface area contributed by atoms with Gasteiger partial charge in [-0.1, -0.05) is 25.7 Å². The zero-order chi connectivity index (χ0) is 22.5. The maximum atomic E-state index is 15.4. The van der Waals surface area contributed by atoms with Crippen LogP contribution in [0.25, 0.3) is 11.0 Å². The second kappa shape index (κ2) is 7.76. The van der Waals surface area contributed by atoms with Crippen LogP contribution in [0.5, 0.6) is 11.5 Å². The molecule has 168 valence electrons. The average Bonchev–Trinajstić information content (AvgIpc) is 3.14. The highest BCUT2D eigenvalue weighted by Crippen LogP contribution is 2.49. The standard InChI is InChI=1S/C24H25F2N3O3/c1-31-16-11-17(32-2)20(26)21(19(16)25)29-13-14-12-28-22-15(7-10-27-22)18(14)24(23(29)30)8-5-3-4-6-9-24/h7,10-12H,3-6,8-9,13H2,1-2H3,(H,27,28). The van der Waals surface area contributed by atoms with E-state index in [2.05, 4.69) is 9.97 Å². The normalized spacial score (nSPS) is 18.0. The van der Waals surface area contributed by atoms with E-state index in [1.165, 1.54) is 19.1 Å². The van der Waals surface area contributed by atoms with Gasteiger partial charge < -0.3 is 19.4 Å². The number of benzene rings is 1. The number of H-pyrrole nitrogens is 1. The molecule has 0 saturated heterocycles. The largest absolute Gasteiger partial charge is 0.493 e. The summed E-state index contributed by atoms with van der Waals surface area (Å²) in [5.41, 5.74) is 1.17. The summed E-state index contributed by atoms with van der Waals surface area (Å²) < 4.78 is 41.0. The van der Waals surface area contributed by atoms with Gasteiger partial charge in [-0.05, 0) is 30.0 Å². The lowest BCUT2D eigenvalue weighted by Gasteiger charge is -2.43. The maximum absolute atomic E-state index is 15.4. The fourth-order valence-corrected chi connectivity index (χ4v) is 5.43. The monoisotopic (exact) mass is 441 g/mol. The van der Waals surface area contributed by atoms with E-state index in [0.717, 1.165) is 48.3 Å². The predicted molar refractivity (Wildman–Crippen MR) is 116 cm³/mol. The number of amides is 1. The maximum Gasteiger partial charge on any atom is 0.238 e. The lowest BCUT2D eigenvalue weighted by molar-refractivity contribution is -0.125. The van der Waals surface area contributed by atoms with Gasteiger partial charge in [0.25, 0.3) is 0 Å². The molecular weight excluding hydrogens is 416 g/mol. The Kier molecular flexibility index (Phi) is 5.03. The molecule has 2 aliphatic rings. The quantitative estimate of drug-likeness (QED) is 0.621. The first-order valence-electron chi connectivity index (χ1n) is 10.9. The molecule has 1 spiro atoms. The summed E-state index contributed by atoms with van der Waals surface area (Å²) in [6.07, 6.45) is 8.59. The Morgan fingerprint density at radius 2 is 1.72 bits per heavy atom. The third-order valence-electron chi connectivity index (χ3n) is 6.90. The minimum Gasteiger partial charge on any atom is -0.493 e. The molecule has 0 atom stereocenters. The number of aromatic amines is 1. The molecule has 1 aliphatic heterocycles. The van der Waals surface area contributed by atoms with E-state index in [1.54, 1.807) is 6.20 Å². The summed E-state index contributed by atoms with van der Waals surface area (Å²) >= 11 is 0. The molecule has 0 radical (unpaired) electrons. The first kappa shape index (κ1) is 20.7. The molecule has 2 aromatic heterocycles. The molecule has 3 aromatic rings. The number of hydrogen-bond donors (Lipinski definition) is 1. The number of ether oxygens (including phenoxy) is 2. The molecule has 0 bridgehead atoms. The van der Waals surface area contributed by atoms with Crippen molar-refractivity contribution >= 4 is 22.6 Å². The second-order valence-corrected chi connectivity index (χ2v) is 8.54. The van der Waals surface area contributed by atoms with Gasteiger partial charge in [0.05, 0.1) is 26.2 Å². The zero-order valence-corrected chi connectivity index (χ0v) is 18.1. The molecule has 1 saturated carbocycles. The van der Waals surface area contributed by atoms with Crippen molar-refractivity contribution in [2.24, 2.45) is 0 Å². The van der Waals surface area contributed by atoms with Crippen LogP contribution >= 0.6 is 0 Å². The van der Waals surface area contributed by atoms with Crippen LogP contribution < -0.4 is 14.4 Å². The van der Waals surface area contributed by atoms with Crippen LogP contribution in [0, 0.1) is 11.6 Å². The number of carbonyl (C=O) groups is 1. The third kappa shape index (κ3) is 2.88. The summed E-state index contributed by atoms with van der Waals surface area (Å²) in [6, 6.07) is 3.09. The Labute approximate surface area is 184 Å². The Balaban J connectivity index is 1.77. The molecule has 1 fully saturated rings. The van der Waals surface area contributed by atoms with Crippen molar-refractivity contribution < 1.29 is 23.0 Å². The average molecular weight is 441 g/mol. The molecule has 32 heavy (non-hydrogen) atoms. The van der Waals surface area contributed by atoms with Crippen molar-refractivity contribution in [1.29, 1.82) is 0 Å². The Morgan fingerprint density at radius 1 is 1.06 bits per heavy atom. The van der Waals surface area contributed by atoms with Gasteiger partial charge in [-0.25, -0.2) is 13.8 Å². The van der Waals surface area contributed by atoms with Crippen LogP contribution in [0.1, 0.15) is 49.7 Å². The first-order valence-corrected chi connectivity index (χ1v) is 10.9. The van der Waals surface area contributed by atoms with Crippen molar-refractivity contribution in [2.45, 2.75) is 50.5 Å². The zero-order valence-electron chi connectivity index (χ0n) is 18.1. The number of fused-ring (bicyclic) bond motifs is 4. The summed E-state index contributed by atoms with van der Waals surface area (Å²) in [6.45, 7) is 0.0220. The van der Waals surface area contributed by atoms with Crippen LogP contribution in [0.4, 0.5) is 14.5 Å². The summed E-state index contributed by atoms with van der Waals surface area (Å²) in [5.74, 6) is -2.46. The minimum atomic E-state index is -0.915. The molecule has 1 N–H and O–H groups in total. The smallest absolute Gasteiger partial charge is 0.238 e. The van der Waals surface area contributed by atoms with Crippen molar-refractivity contribution in [1.82, 2.24) is 9.97 Å². The van der Waals surface area contributed by atoms with Crippen molar-refractivity contribution in [3.8, 4) is 11.5 Å². The molecule has 0 unspecified atom stereocenters. The van der Waals surface area contributed by atoms with Crippen LogP contribution in [0.15, 0.2) is 24.5 Å². The SMILES string of the molecule is COc1cc(OC)c(F)c(N2Cc3cnc4[nH]ccc4c3C3(CCCCCC3)C2=O)c1F. The number of nitrogens with zero attached hydrogens (tertiary/aromatic N) is 2. The van der Waals surface area contributed by atoms with Gasteiger partial charge >= 0.3 is 0 Å². The van der Waals surface area contributed by atoms with E-state index in [1.807, 2.05) is 12.3 Å². The van der Waals surface area contributed by atoms with Crippen LogP contribution in [-0.4, -0.2) is 30.1 Å². The molecule has 3 heterocycles. The van der Waals surface area contributed by atoms with Gasteiger partial charge in [-0.2, -0.15) is 0 Å². The highest BCUT2D eigenvalue weighted by atomic mass is 19.1. The van der Waals surface area contributed by atoms with E-state index in [-0.39, 0.29) is 24.0 Å². The van der Waals surface area contributed by atoms with E-state index in [9.17, 15) is 4.79 Å². The van der Waals surface area contributed by atoms with E-state index >= 15 is 8.78 Å². The second-order valence-electron chi connectivity index (χ2n) is 8.54. The Morgan fingerprint density at radius 3 is 2.34 bits per heavy atom. The molecule has 6 nitrogen and oxygen atoms in total. The van der Waals surface area contributed by atoms with Crippen molar-refractivity contribution in [2.75, 3.05) is 19.1 Å². The number of hydrogen-bond acceptors (Lipinski definition) is 4. The molecule has 1 aromatic carbocycles. The number of aromatic nitrogens is 2. The Hall–Kier alpha value is -3.16. The topological polar surface area (TPSA) is 67.5 Å². The minimum absolute atomic E-state index is 0.0220. The molecular formula is C24H25F2N3O3. The van der Waals surface area contributed by atoms with Gasteiger partial charge in [-0.15, -0.1) is 0 Å². The number of nitrogens with one attached hydrogen (secondary N) is 1. The highest BCUT2D eigenvalue weighted by Gasteiger charge is 2.50. The van der Waals surface area contributed by atoms with Gasteiger partial charge in [-0.3, -0.25) is 4.79 Å². The molecule has 5 rings (SSSR count).